The highest BCUT2D eigenvalue weighted by molar-refractivity contribution is 7.88. The zero-order valence-corrected chi connectivity index (χ0v) is 11.7. The molecular weight excluding hydrogens is 242 g/mol. The van der Waals surface area contributed by atoms with E-state index in [4.69, 9.17) is 5.73 Å². The number of amides is 1. The fraction of sp³-hybridized carbons (Fsp3) is 0.900. The Morgan fingerprint density at radius 1 is 1.41 bits per heavy atom. The number of hydrogen-bond donors (Lipinski definition) is 3. The molecule has 1 atom stereocenters. The Morgan fingerprint density at radius 3 is 2.29 bits per heavy atom. The number of carbonyl (C=O) groups excluding carboxylic acids is 1. The molecule has 0 aromatic heterocycles. The molecule has 0 bridgehead atoms. The van der Waals surface area contributed by atoms with Crippen LogP contribution in [-0.2, 0) is 14.8 Å². The topological polar surface area (TPSA) is 101 Å². The van der Waals surface area contributed by atoms with Crippen LogP contribution in [0.3, 0.4) is 0 Å². The highest BCUT2D eigenvalue weighted by Crippen LogP contribution is 2.04. The summed E-state index contributed by atoms with van der Waals surface area (Å²) in [5, 5.41) is 2.70. The maximum absolute atomic E-state index is 11.6. The standard InChI is InChI=1S/C10H23N3O3S/c1-5-8(6-11)9(14)12-7-10(2,3)13-17(4,15)16/h8,13H,5-7,11H2,1-4H3,(H,12,14). The van der Waals surface area contributed by atoms with Gasteiger partial charge in [0, 0.05) is 24.5 Å². The summed E-state index contributed by atoms with van der Waals surface area (Å²) in [5.74, 6) is -0.359. The Labute approximate surface area is 103 Å². The maximum atomic E-state index is 11.6. The zero-order valence-electron chi connectivity index (χ0n) is 10.9. The lowest BCUT2D eigenvalue weighted by molar-refractivity contribution is -0.125. The molecule has 0 spiro atoms. The summed E-state index contributed by atoms with van der Waals surface area (Å²) < 4.78 is 24.6. The number of nitrogens with one attached hydrogen (secondary N) is 2. The van der Waals surface area contributed by atoms with Gasteiger partial charge in [-0.3, -0.25) is 4.79 Å². The number of hydrogen-bond acceptors (Lipinski definition) is 4. The van der Waals surface area contributed by atoms with Gasteiger partial charge in [-0.05, 0) is 20.3 Å². The fourth-order valence-electron chi connectivity index (χ4n) is 1.45. The van der Waals surface area contributed by atoms with Crippen LogP contribution in [0.25, 0.3) is 0 Å². The molecule has 7 heteroatoms. The molecule has 0 aliphatic rings. The minimum Gasteiger partial charge on any atom is -0.354 e. The quantitative estimate of drug-likeness (QED) is 0.573. The number of nitrogens with two attached hydrogens (primary N) is 1. The van der Waals surface area contributed by atoms with Crippen LogP contribution in [0.2, 0.25) is 0 Å². The van der Waals surface area contributed by atoms with Gasteiger partial charge in [-0.2, -0.15) is 0 Å². The van der Waals surface area contributed by atoms with Gasteiger partial charge < -0.3 is 11.1 Å². The van der Waals surface area contributed by atoms with Gasteiger partial charge >= 0.3 is 0 Å². The summed E-state index contributed by atoms with van der Waals surface area (Å²) in [7, 11) is -3.29. The van der Waals surface area contributed by atoms with E-state index in [1.807, 2.05) is 6.92 Å². The Bertz CT molecular complexity index is 348. The van der Waals surface area contributed by atoms with Crippen LogP contribution in [0, 0.1) is 5.92 Å². The van der Waals surface area contributed by atoms with Crippen molar-refractivity contribution in [2.45, 2.75) is 32.7 Å². The molecule has 6 nitrogen and oxygen atoms in total. The molecule has 102 valence electrons. The Morgan fingerprint density at radius 2 is 1.94 bits per heavy atom. The van der Waals surface area contributed by atoms with Crippen LogP contribution in [0.4, 0.5) is 0 Å². The smallest absolute Gasteiger partial charge is 0.224 e. The van der Waals surface area contributed by atoms with Crippen molar-refractivity contribution in [3.8, 4) is 0 Å². The van der Waals surface area contributed by atoms with Crippen molar-refractivity contribution in [3.63, 3.8) is 0 Å². The number of carbonyl (C=O) groups is 1. The molecular formula is C10H23N3O3S. The van der Waals surface area contributed by atoms with E-state index in [0.717, 1.165) is 6.26 Å². The minimum atomic E-state index is -3.29. The number of sulfonamides is 1. The summed E-state index contributed by atoms with van der Waals surface area (Å²) in [6.07, 6.45) is 1.76. The Kier molecular flexibility index (Phi) is 6.08. The first kappa shape index (κ1) is 16.3. The first-order valence-corrected chi connectivity index (χ1v) is 7.47. The fourth-order valence-corrected chi connectivity index (χ4v) is 2.53. The van der Waals surface area contributed by atoms with Gasteiger partial charge in [-0.25, -0.2) is 13.1 Å². The average Bonchev–Trinajstić information content (AvgIpc) is 2.13. The highest BCUT2D eigenvalue weighted by atomic mass is 32.2. The van der Waals surface area contributed by atoms with E-state index >= 15 is 0 Å². The molecule has 1 amide bonds. The predicted molar refractivity (Wildman–Crippen MR) is 67.9 cm³/mol. The van der Waals surface area contributed by atoms with E-state index in [1.165, 1.54) is 0 Å². The van der Waals surface area contributed by atoms with Gasteiger partial charge in [-0.1, -0.05) is 6.92 Å². The van der Waals surface area contributed by atoms with E-state index in [-0.39, 0.29) is 18.4 Å². The molecule has 0 fully saturated rings. The summed E-state index contributed by atoms with van der Waals surface area (Å²) in [4.78, 5) is 11.6. The zero-order chi connectivity index (χ0) is 13.7. The van der Waals surface area contributed by atoms with Crippen molar-refractivity contribution in [1.29, 1.82) is 0 Å². The van der Waals surface area contributed by atoms with Crippen LogP contribution >= 0.6 is 0 Å². The molecule has 0 rings (SSSR count). The summed E-state index contributed by atoms with van der Waals surface area (Å²) in [6.45, 7) is 5.82. The summed E-state index contributed by atoms with van der Waals surface area (Å²) in [6, 6.07) is 0. The molecule has 0 aliphatic carbocycles. The van der Waals surface area contributed by atoms with Crippen molar-refractivity contribution >= 4 is 15.9 Å². The van der Waals surface area contributed by atoms with Gasteiger partial charge in [0.25, 0.3) is 0 Å². The molecule has 0 aromatic carbocycles. The lowest BCUT2D eigenvalue weighted by Crippen LogP contribution is -2.52. The van der Waals surface area contributed by atoms with E-state index < -0.39 is 15.6 Å². The lowest BCUT2D eigenvalue weighted by Gasteiger charge is -2.26. The second kappa shape index (κ2) is 6.32. The average molecular weight is 265 g/mol. The molecule has 0 saturated heterocycles. The van der Waals surface area contributed by atoms with Crippen molar-refractivity contribution in [2.75, 3.05) is 19.3 Å². The molecule has 0 aliphatic heterocycles. The van der Waals surface area contributed by atoms with Crippen molar-refractivity contribution in [2.24, 2.45) is 11.7 Å². The largest absolute Gasteiger partial charge is 0.354 e. The van der Waals surface area contributed by atoms with Crippen molar-refractivity contribution in [1.82, 2.24) is 10.0 Å². The third-order valence-electron chi connectivity index (χ3n) is 2.31. The SMILES string of the molecule is CCC(CN)C(=O)NCC(C)(C)NS(C)(=O)=O. The lowest BCUT2D eigenvalue weighted by atomic mass is 10.0. The van der Waals surface area contributed by atoms with Gasteiger partial charge in [0.1, 0.15) is 0 Å². The van der Waals surface area contributed by atoms with E-state index in [9.17, 15) is 13.2 Å². The van der Waals surface area contributed by atoms with Crippen LogP contribution in [-0.4, -0.2) is 39.2 Å². The van der Waals surface area contributed by atoms with E-state index in [0.29, 0.717) is 13.0 Å². The third kappa shape index (κ3) is 7.30. The highest BCUT2D eigenvalue weighted by Gasteiger charge is 2.24. The van der Waals surface area contributed by atoms with Gasteiger partial charge in [0.15, 0.2) is 0 Å². The Balaban J connectivity index is 4.32. The Hall–Kier alpha value is -0.660. The van der Waals surface area contributed by atoms with Gasteiger partial charge in [0.05, 0.1) is 6.26 Å². The van der Waals surface area contributed by atoms with Crippen LogP contribution in [0.1, 0.15) is 27.2 Å². The van der Waals surface area contributed by atoms with Crippen molar-refractivity contribution in [3.05, 3.63) is 0 Å². The molecule has 0 saturated carbocycles. The van der Waals surface area contributed by atoms with Crippen LogP contribution in [0.5, 0.6) is 0 Å². The monoisotopic (exact) mass is 265 g/mol. The van der Waals surface area contributed by atoms with E-state index in [2.05, 4.69) is 10.0 Å². The molecule has 0 heterocycles. The molecule has 4 N–H and O–H groups in total. The second-order valence-electron chi connectivity index (χ2n) is 4.82. The molecule has 17 heavy (non-hydrogen) atoms. The van der Waals surface area contributed by atoms with Crippen molar-refractivity contribution < 1.29 is 13.2 Å². The first-order valence-electron chi connectivity index (χ1n) is 5.58. The first-order chi connectivity index (χ1) is 7.61. The minimum absolute atomic E-state index is 0.140. The van der Waals surface area contributed by atoms with E-state index in [1.54, 1.807) is 13.8 Å². The maximum Gasteiger partial charge on any atom is 0.224 e. The van der Waals surface area contributed by atoms with Gasteiger partial charge in [-0.15, -0.1) is 0 Å². The predicted octanol–water partition coefficient (Wildman–Crippen LogP) is -0.585. The van der Waals surface area contributed by atoms with Crippen LogP contribution < -0.4 is 15.8 Å². The molecule has 0 radical (unpaired) electrons. The molecule has 0 aromatic rings. The van der Waals surface area contributed by atoms with Crippen LogP contribution in [0.15, 0.2) is 0 Å². The summed E-state index contributed by atoms with van der Waals surface area (Å²) >= 11 is 0. The normalized spacial score (nSPS) is 14.4. The summed E-state index contributed by atoms with van der Waals surface area (Å²) in [5.41, 5.74) is 4.74. The van der Waals surface area contributed by atoms with Gasteiger partial charge in [0.2, 0.25) is 15.9 Å². The third-order valence-corrected chi connectivity index (χ3v) is 3.24. The number of rotatable bonds is 7. The second-order valence-corrected chi connectivity index (χ2v) is 6.57. The molecule has 1 unspecified atom stereocenters.